The maximum Gasteiger partial charge on any atom is 0.195 e. The van der Waals surface area contributed by atoms with Crippen LogP contribution in [-0.2, 0) is 4.74 Å². The van der Waals surface area contributed by atoms with Crippen LogP contribution in [0.15, 0.2) is 48.5 Å². The van der Waals surface area contributed by atoms with Crippen molar-refractivity contribution in [1.82, 2.24) is 0 Å². The normalized spacial score (nSPS) is 15.0. The molecule has 0 aromatic heterocycles. The molecular weight excluding hydrogens is 269 g/mol. The smallest absolute Gasteiger partial charge is 0.195 e. The lowest BCUT2D eigenvalue weighted by Gasteiger charge is -2.28. The third-order valence-corrected chi connectivity index (χ3v) is 3.62. The van der Waals surface area contributed by atoms with E-state index in [0.717, 1.165) is 32.0 Å². The van der Waals surface area contributed by atoms with Crippen LogP contribution in [-0.4, -0.2) is 32.1 Å². The lowest BCUT2D eigenvalue weighted by atomic mass is 10.0. The van der Waals surface area contributed by atoms with E-state index in [4.69, 9.17) is 4.74 Å². The SMILES string of the molecule is O=C(c1ccc(N2CCOCC2)cc1)c1ccccc1F. The van der Waals surface area contributed by atoms with Crippen molar-refractivity contribution in [3.8, 4) is 0 Å². The molecule has 4 heteroatoms. The van der Waals surface area contributed by atoms with Gasteiger partial charge < -0.3 is 9.64 Å². The first-order valence-electron chi connectivity index (χ1n) is 6.98. The van der Waals surface area contributed by atoms with Gasteiger partial charge in [-0.1, -0.05) is 12.1 Å². The summed E-state index contributed by atoms with van der Waals surface area (Å²) in [6.07, 6.45) is 0. The van der Waals surface area contributed by atoms with E-state index >= 15 is 0 Å². The molecule has 3 rings (SSSR count). The molecule has 0 amide bonds. The Morgan fingerprint density at radius 2 is 1.67 bits per heavy atom. The predicted molar refractivity (Wildman–Crippen MR) is 79.3 cm³/mol. The monoisotopic (exact) mass is 285 g/mol. The zero-order valence-corrected chi connectivity index (χ0v) is 11.6. The van der Waals surface area contributed by atoms with Gasteiger partial charge in [-0.2, -0.15) is 0 Å². The van der Waals surface area contributed by atoms with Gasteiger partial charge in [-0.05, 0) is 36.4 Å². The topological polar surface area (TPSA) is 29.5 Å². The van der Waals surface area contributed by atoms with Gasteiger partial charge in [0.1, 0.15) is 5.82 Å². The van der Waals surface area contributed by atoms with Crippen molar-refractivity contribution in [3.63, 3.8) is 0 Å². The van der Waals surface area contributed by atoms with Gasteiger partial charge >= 0.3 is 0 Å². The zero-order valence-electron chi connectivity index (χ0n) is 11.6. The number of morpholine rings is 1. The Bertz CT molecular complexity index is 633. The summed E-state index contributed by atoms with van der Waals surface area (Å²) in [6.45, 7) is 3.13. The maximum atomic E-state index is 13.7. The van der Waals surface area contributed by atoms with Crippen LogP contribution >= 0.6 is 0 Å². The minimum absolute atomic E-state index is 0.108. The Hall–Kier alpha value is -2.20. The Kier molecular flexibility index (Phi) is 3.97. The molecule has 0 radical (unpaired) electrons. The van der Waals surface area contributed by atoms with Crippen LogP contribution in [0, 0.1) is 5.82 Å². The summed E-state index contributed by atoms with van der Waals surface area (Å²) in [6, 6.07) is 13.4. The molecule has 0 saturated carbocycles. The molecule has 0 aliphatic carbocycles. The number of halogens is 1. The maximum absolute atomic E-state index is 13.7. The van der Waals surface area contributed by atoms with Gasteiger partial charge in [-0.3, -0.25) is 4.79 Å². The molecule has 1 fully saturated rings. The highest BCUT2D eigenvalue weighted by atomic mass is 19.1. The van der Waals surface area contributed by atoms with Crippen molar-refractivity contribution in [2.24, 2.45) is 0 Å². The number of hydrogen-bond acceptors (Lipinski definition) is 3. The van der Waals surface area contributed by atoms with E-state index in [9.17, 15) is 9.18 Å². The molecule has 2 aromatic carbocycles. The van der Waals surface area contributed by atoms with Gasteiger partial charge in [-0.25, -0.2) is 4.39 Å². The summed E-state index contributed by atoms with van der Waals surface area (Å²) in [5.74, 6) is -0.776. The number of ketones is 1. The first kappa shape index (κ1) is 13.8. The molecule has 2 aromatic rings. The summed E-state index contributed by atoms with van der Waals surface area (Å²) in [5.41, 5.74) is 1.66. The fourth-order valence-electron chi connectivity index (χ4n) is 2.45. The molecule has 108 valence electrons. The van der Waals surface area contributed by atoms with E-state index in [-0.39, 0.29) is 11.3 Å². The van der Waals surface area contributed by atoms with Crippen molar-refractivity contribution in [2.75, 3.05) is 31.2 Å². The number of benzene rings is 2. The second-order valence-electron chi connectivity index (χ2n) is 4.96. The molecule has 0 spiro atoms. The molecule has 0 unspecified atom stereocenters. The van der Waals surface area contributed by atoms with Crippen LogP contribution in [0.4, 0.5) is 10.1 Å². The number of carbonyl (C=O) groups excluding carboxylic acids is 1. The Balaban J connectivity index is 1.80. The number of ether oxygens (including phenoxy) is 1. The fraction of sp³-hybridized carbons (Fsp3) is 0.235. The molecule has 21 heavy (non-hydrogen) atoms. The van der Waals surface area contributed by atoms with E-state index in [1.807, 2.05) is 12.1 Å². The molecule has 1 aliphatic rings. The van der Waals surface area contributed by atoms with E-state index < -0.39 is 5.82 Å². The van der Waals surface area contributed by atoms with Crippen LogP contribution in [0.1, 0.15) is 15.9 Å². The molecule has 0 N–H and O–H groups in total. The lowest BCUT2D eigenvalue weighted by Crippen LogP contribution is -2.36. The highest BCUT2D eigenvalue weighted by molar-refractivity contribution is 6.09. The average Bonchev–Trinajstić information content (AvgIpc) is 2.56. The fourth-order valence-corrected chi connectivity index (χ4v) is 2.45. The van der Waals surface area contributed by atoms with Gasteiger partial charge in [0, 0.05) is 24.3 Å². The second-order valence-corrected chi connectivity index (χ2v) is 4.96. The van der Waals surface area contributed by atoms with Gasteiger partial charge in [-0.15, -0.1) is 0 Å². The number of carbonyl (C=O) groups is 1. The highest BCUT2D eigenvalue weighted by Crippen LogP contribution is 2.19. The molecule has 3 nitrogen and oxygen atoms in total. The molecule has 1 saturated heterocycles. The second kappa shape index (κ2) is 6.06. The minimum Gasteiger partial charge on any atom is -0.378 e. The summed E-state index contributed by atoms with van der Waals surface area (Å²) in [4.78, 5) is 14.5. The molecule has 1 heterocycles. The van der Waals surface area contributed by atoms with Crippen LogP contribution in [0.5, 0.6) is 0 Å². The van der Waals surface area contributed by atoms with Gasteiger partial charge in [0.05, 0.1) is 18.8 Å². The molecule has 1 aliphatic heterocycles. The highest BCUT2D eigenvalue weighted by Gasteiger charge is 2.15. The Morgan fingerprint density at radius 3 is 2.33 bits per heavy atom. The molecular formula is C17H16FNO2. The van der Waals surface area contributed by atoms with Crippen molar-refractivity contribution in [3.05, 3.63) is 65.5 Å². The summed E-state index contributed by atoms with van der Waals surface area (Å²) in [5, 5.41) is 0. The zero-order chi connectivity index (χ0) is 14.7. The van der Waals surface area contributed by atoms with Gasteiger partial charge in [0.15, 0.2) is 5.78 Å². The first-order valence-corrected chi connectivity index (χ1v) is 6.98. The van der Waals surface area contributed by atoms with Crippen LogP contribution < -0.4 is 4.90 Å². The average molecular weight is 285 g/mol. The quantitative estimate of drug-likeness (QED) is 0.812. The molecule has 0 bridgehead atoms. The van der Waals surface area contributed by atoms with Gasteiger partial charge in [0.2, 0.25) is 0 Å². The third kappa shape index (κ3) is 2.95. The van der Waals surface area contributed by atoms with Crippen molar-refractivity contribution < 1.29 is 13.9 Å². The predicted octanol–water partition coefficient (Wildman–Crippen LogP) is 2.89. The Labute approximate surface area is 123 Å². The summed E-state index contributed by atoms with van der Waals surface area (Å²) >= 11 is 0. The first-order chi connectivity index (χ1) is 10.3. The van der Waals surface area contributed by atoms with Gasteiger partial charge in [0.25, 0.3) is 0 Å². The third-order valence-electron chi connectivity index (χ3n) is 3.62. The largest absolute Gasteiger partial charge is 0.378 e. The molecule has 0 atom stereocenters. The van der Waals surface area contributed by atoms with Crippen LogP contribution in [0.3, 0.4) is 0 Å². The van der Waals surface area contributed by atoms with E-state index in [1.54, 1.807) is 24.3 Å². The van der Waals surface area contributed by atoms with Crippen LogP contribution in [0.2, 0.25) is 0 Å². The van der Waals surface area contributed by atoms with Crippen molar-refractivity contribution in [1.29, 1.82) is 0 Å². The van der Waals surface area contributed by atoms with Crippen molar-refractivity contribution >= 4 is 11.5 Å². The van der Waals surface area contributed by atoms with E-state index in [0.29, 0.717) is 5.56 Å². The lowest BCUT2D eigenvalue weighted by molar-refractivity contribution is 0.103. The van der Waals surface area contributed by atoms with Crippen molar-refractivity contribution in [2.45, 2.75) is 0 Å². The number of rotatable bonds is 3. The number of hydrogen-bond donors (Lipinski definition) is 0. The van der Waals surface area contributed by atoms with E-state index in [2.05, 4.69) is 4.90 Å². The number of anilines is 1. The van der Waals surface area contributed by atoms with Crippen LogP contribution in [0.25, 0.3) is 0 Å². The van der Waals surface area contributed by atoms with E-state index in [1.165, 1.54) is 12.1 Å². The summed E-state index contributed by atoms with van der Waals surface area (Å²) in [7, 11) is 0. The summed E-state index contributed by atoms with van der Waals surface area (Å²) < 4.78 is 19.0. The Morgan fingerprint density at radius 1 is 1.00 bits per heavy atom. The number of nitrogens with zero attached hydrogens (tertiary/aromatic N) is 1. The minimum atomic E-state index is -0.486. The standard InChI is InChI=1S/C17H16FNO2/c18-16-4-2-1-3-15(16)17(20)13-5-7-14(8-6-13)19-9-11-21-12-10-19/h1-8H,9-12H2.